The van der Waals surface area contributed by atoms with E-state index in [1.165, 1.54) is 12.8 Å². The van der Waals surface area contributed by atoms with E-state index in [4.69, 9.17) is 14.5 Å². The zero-order chi connectivity index (χ0) is 22.2. The summed E-state index contributed by atoms with van der Waals surface area (Å²) < 4.78 is 11.5. The van der Waals surface area contributed by atoms with Crippen molar-refractivity contribution in [2.75, 3.05) is 46.4 Å². The smallest absolute Gasteiger partial charge is 0.254 e. The van der Waals surface area contributed by atoms with Crippen molar-refractivity contribution in [3.8, 4) is 0 Å². The van der Waals surface area contributed by atoms with Crippen LogP contribution >= 0.6 is 24.0 Å². The lowest BCUT2D eigenvalue weighted by molar-refractivity contribution is -0.0586. The van der Waals surface area contributed by atoms with Crippen LogP contribution in [0.5, 0.6) is 0 Å². The fraction of sp³-hybridized carbons (Fsp3) is 0.667. The Balaban J connectivity index is 0.00000363. The first-order valence-electron chi connectivity index (χ1n) is 11.6. The molecule has 1 heterocycles. The van der Waals surface area contributed by atoms with Gasteiger partial charge in [-0.3, -0.25) is 4.79 Å². The number of rotatable bonds is 9. The Hall–Kier alpha value is -1.39. The molecule has 32 heavy (non-hydrogen) atoms. The zero-order valence-corrected chi connectivity index (χ0v) is 22.2. The Morgan fingerprint density at radius 2 is 1.88 bits per heavy atom. The summed E-state index contributed by atoms with van der Waals surface area (Å²) in [5, 5.41) is 3.34. The third-order valence-corrected chi connectivity index (χ3v) is 5.64. The molecule has 8 heteroatoms. The Morgan fingerprint density at radius 1 is 1.22 bits per heavy atom. The van der Waals surface area contributed by atoms with Gasteiger partial charge >= 0.3 is 0 Å². The molecule has 0 radical (unpaired) electrons. The molecule has 1 amide bonds. The SMILES string of the molecule is CCNC(=NCc1ccc(C(=O)N2CC(C)OC(C)C2)cc1)N(C)CCOCC1CC1.I. The van der Waals surface area contributed by atoms with Crippen molar-refractivity contribution >= 4 is 35.8 Å². The quantitative estimate of drug-likeness (QED) is 0.218. The van der Waals surface area contributed by atoms with E-state index < -0.39 is 0 Å². The van der Waals surface area contributed by atoms with Crippen molar-refractivity contribution in [2.45, 2.75) is 52.4 Å². The summed E-state index contributed by atoms with van der Waals surface area (Å²) in [7, 11) is 2.04. The van der Waals surface area contributed by atoms with E-state index in [1.54, 1.807) is 0 Å². The van der Waals surface area contributed by atoms with Crippen LogP contribution in [0.25, 0.3) is 0 Å². The summed E-state index contributed by atoms with van der Waals surface area (Å²) in [6, 6.07) is 7.79. The average Bonchev–Trinajstić information content (AvgIpc) is 3.57. The van der Waals surface area contributed by atoms with E-state index in [1.807, 2.05) is 50.1 Å². The van der Waals surface area contributed by atoms with E-state index in [9.17, 15) is 4.79 Å². The lowest BCUT2D eigenvalue weighted by Gasteiger charge is -2.35. The Labute approximate surface area is 209 Å². The summed E-state index contributed by atoms with van der Waals surface area (Å²) in [6.45, 7) is 11.1. The average molecular weight is 559 g/mol. The molecule has 1 saturated heterocycles. The number of benzene rings is 1. The molecule has 180 valence electrons. The molecule has 2 aliphatic rings. The first-order valence-corrected chi connectivity index (χ1v) is 11.6. The number of guanidine groups is 1. The van der Waals surface area contributed by atoms with Crippen LogP contribution in [0.2, 0.25) is 0 Å². The van der Waals surface area contributed by atoms with Crippen molar-refractivity contribution in [1.29, 1.82) is 0 Å². The van der Waals surface area contributed by atoms with Crippen molar-refractivity contribution in [3.05, 3.63) is 35.4 Å². The molecule has 7 nitrogen and oxygen atoms in total. The number of carbonyl (C=O) groups excluding carboxylic acids is 1. The maximum atomic E-state index is 12.8. The molecule has 2 unspecified atom stereocenters. The second kappa shape index (κ2) is 13.3. The number of hydrogen-bond acceptors (Lipinski definition) is 4. The fourth-order valence-corrected chi connectivity index (χ4v) is 3.76. The van der Waals surface area contributed by atoms with Gasteiger partial charge in [0.15, 0.2) is 5.96 Å². The highest BCUT2D eigenvalue weighted by Crippen LogP contribution is 2.28. The van der Waals surface area contributed by atoms with Gasteiger partial charge in [-0.25, -0.2) is 4.99 Å². The van der Waals surface area contributed by atoms with Gasteiger partial charge in [-0.2, -0.15) is 0 Å². The molecular formula is C24H39IN4O3. The van der Waals surface area contributed by atoms with Crippen LogP contribution < -0.4 is 5.32 Å². The largest absolute Gasteiger partial charge is 0.379 e. The Bertz CT molecular complexity index is 729. The maximum Gasteiger partial charge on any atom is 0.254 e. The number of morpholine rings is 1. The molecule has 0 spiro atoms. The van der Waals surface area contributed by atoms with Gasteiger partial charge in [0.05, 0.1) is 25.4 Å². The van der Waals surface area contributed by atoms with Gasteiger partial charge in [-0.1, -0.05) is 12.1 Å². The summed E-state index contributed by atoms with van der Waals surface area (Å²) in [5.74, 6) is 1.72. The van der Waals surface area contributed by atoms with Crippen molar-refractivity contribution < 1.29 is 14.3 Å². The Morgan fingerprint density at radius 3 is 2.47 bits per heavy atom. The number of hydrogen-bond donors (Lipinski definition) is 1. The molecule has 2 fully saturated rings. The lowest BCUT2D eigenvalue weighted by atomic mass is 10.1. The van der Waals surface area contributed by atoms with E-state index in [-0.39, 0.29) is 42.1 Å². The highest BCUT2D eigenvalue weighted by Gasteiger charge is 2.26. The molecule has 1 aromatic rings. The molecule has 1 saturated carbocycles. The number of nitrogens with zero attached hydrogens (tertiary/aromatic N) is 3. The van der Waals surface area contributed by atoms with E-state index in [2.05, 4.69) is 17.1 Å². The van der Waals surface area contributed by atoms with Crippen LogP contribution in [0.3, 0.4) is 0 Å². The van der Waals surface area contributed by atoms with Gasteiger partial charge in [-0.15, -0.1) is 24.0 Å². The van der Waals surface area contributed by atoms with Gasteiger partial charge < -0.3 is 24.6 Å². The maximum absolute atomic E-state index is 12.8. The summed E-state index contributed by atoms with van der Waals surface area (Å²) in [5.41, 5.74) is 1.79. The number of carbonyl (C=O) groups is 1. The van der Waals surface area contributed by atoms with Gasteiger partial charge in [0, 0.05) is 45.4 Å². The molecule has 1 N–H and O–H groups in total. The number of likely N-dealkylation sites (N-methyl/N-ethyl adjacent to an activating group) is 1. The third-order valence-electron chi connectivity index (χ3n) is 5.64. The van der Waals surface area contributed by atoms with Crippen LogP contribution in [0.4, 0.5) is 0 Å². The molecule has 1 aliphatic heterocycles. The number of aliphatic imine (C=N–C) groups is 1. The number of amides is 1. The minimum absolute atomic E-state index is 0. The van der Waals surface area contributed by atoms with Crippen LogP contribution in [0.15, 0.2) is 29.3 Å². The molecule has 0 aromatic heterocycles. The topological polar surface area (TPSA) is 66.4 Å². The van der Waals surface area contributed by atoms with E-state index in [0.29, 0.717) is 31.8 Å². The molecule has 3 rings (SSSR count). The lowest BCUT2D eigenvalue weighted by Crippen LogP contribution is -2.48. The van der Waals surface area contributed by atoms with Crippen molar-refractivity contribution in [3.63, 3.8) is 0 Å². The van der Waals surface area contributed by atoms with E-state index in [0.717, 1.165) is 37.1 Å². The highest BCUT2D eigenvalue weighted by atomic mass is 127. The van der Waals surface area contributed by atoms with Crippen LogP contribution in [-0.2, 0) is 16.0 Å². The third kappa shape index (κ3) is 8.51. The van der Waals surface area contributed by atoms with E-state index >= 15 is 0 Å². The van der Waals surface area contributed by atoms with Gasteiger partial charge in [-0.05, 0) is 57.2 Å². The molecule has 0 bridgehead atoms. The number of nitrogens with one attached hydrogen (secondary N) is 1. The second-order valence-corrected chi connectivity index (χ2v) is 8.77. The fourth-order valence-electron chi connectivity index (χ4n) is 3.76. The minimum Gasteiger partial charge on any atom is -0.379 e. The monoisotopic (exact) mass is 558 g/mol. The van der Waals surface area contributed by atoms with Crippen molar-refractivity contribution in [1.82, 2.24) is 15.1 Å². The number of ether oxygens (including phenoxy) is 2. The second-order valence-electron chi connectivity index (χ2n) is 8.77. The summed E-state index contributed by atoms with van der Waals surface area (Å²) in [6.07, 6.45) is 2.77. The first-order chi connectivity index (χ1) is 15.0. The predicted octanol–water partition coefficient (Wildman–Crippen LogP) is 3.38. The Kier molecular flexibility index (Phi) is 11.2. The highest BCUT2D eigenvalue weighted by molar-refractivity contribution is 14.0. The van der Waals surface area contributed by atoms with Gasteiger partial charge in [0.2, 0.25) is 0 Å². The molecular weight excluding hydrogens is 519 g/mol. The van der Waals surface area contributed by atoms with Crippen molar-refractivity contribution in [2.24, 2.45) is 10.9 Å². The zero-order valence-electron chi connectivity index (χ0n) is 19.9. The summed E-state index contributed by atoms with van der Waals surface area (Å²) in [4.78, 5) is 21.6. The number of halogens is 1. The molecule has 1 aliphatic carbocycles. The molecule has 1 aromatic carbocycles. The molecule has 2 atom stereocenters. The normalized spacial score (nSPS) is 21.1. The van der Waals surface area contributed by atoms with Gasteiger partial charge in [0.25, 0.3) is 5.91 Å². The summed E-state index contributed by atoms with van der Waals surface area (Å²) >= 11 is 0. The predicted molar refractivity (Wildman–Crippen MR) is 139 cm³/mol. The van der Waals surface area contributed by atoms with Crippen LogP contribution in [-0.4, -0.2) is 80.3 Å². The van der Waals surface area contributed by atoms with Crippen LogP contribution in [0, 0.1) is 5.92 Å². The minimum atomic E-state index is 0. The standard InChI is InChI=1S/C24H38N4O3.HI/c1-5-25-24(27(4)12-13-30-17-21-6-7-21)26-14-20-8-10-22(11-9-20)23(29)28-15-18(2)31-19(3)16-28;/h8-11,18-19,21H,5-7,12-17H2,1-4H3,(H,25,26);1H. The van der Waals surface area contributed by atoms with Gasteiger partial charge in [0.1, 0.15) is 0 Å². The first kappa shape index (κ1) is 26.9. The van der Waals surface area contributed by atoms with Crippen LogP contribution in [0.1, 0.15) is 49.5 Å².